The summed E-state index contributed by atoms with van der Waals surface area (Å²) in [4.78, 5) is 0. The Morgan fingerprint density at radius 1 is 1.27 bits per heavy atom. The third-order valence-corrected chi connectivity index (χ3v) is 2.32. The van der Waals surface area contributed by atoms with Crippen molar-refractivity contribution in [3.8, 4) is 0 Å². The van der Waals surface area contributed by atoms with Gasteiger partial charge in [-0.3, -0.25) is 0 Å². The number of aliphatic hydroxyl groups excluding tert-OH is 3. The van der Waals surface area contributed by atoms with Gasteiger partial charge in [0, 0.05) is 0 Å². The first-order chi connectivity index (χ1) is 6.91. The predicted molar refractivity (Wildman–Crippen MR) is 47.2 cm³/mol. The average molecular weight is 217 g/mol. The van der Waals surface area contributed by atoms with Crippen molar-refractivity contribution in [2.75, 3.05) is 6.61 Å². The molecule has 6 heteroatoms. The first-order valence-electron chi connectivity index (χ1n) is 4.57. The molecule has 0 saturated carbocycles. The van der Waals surface area contributed by atoms with Gasteiger partial charge in [0.2, 0.25) is 0 Å². The van der Waals surface area contributed by atoms with Crippen LogP contribution in [0, 0.1) is 6.29 Å². The first kappa shape index (κ1) is 10.7. The van der Waals surface area contributed by atoms with Gasteiger partial charge in [-0.15, -0.1) is 0 Å². The van der Waals surface area contributed by atoms with Crippen LogP contribution in [-0.2, 0) is 14.2 Å². The van der Waals surface area contributed by atoms with Gasteiger partial charge >= 0.3 is 0 Å². The topological polar surface area (TPSA) is 88.4 Å². The lowest BCUT2D eigenvalue weighted by atomic mass is 10.2. The predicted octanol–water partition coefficient (Wildman–Crippen LogP) is 0.726. The molecule has 2 heterocycles. The van der Waals surface area contributed by atoms with E-state index >= 15 is 0 Å². The van der Waals surface area contributed by atoms with E-state index in [4.69, 9.17) is 24.4 Å². The van der Waals surface area contributed by atoms with Crippen molar-refractivity contribution in [2.24, 2.45) is 0 Å². The van der Waals surface area contributed by atoms with E-state index in [9.17, 15) is 5.11 Å². The highest BCUT2D eigenvalue weighted by Crippen LogP contribution is 2.34. The van der Waals surface area contributed by atoms with Crippen LogP contribution in [0.5, 0.6) is 0 Å². The van der Waals surface area contributed by atoms with Crippen molar-refractivity contribution < 1.29 is 29.5 Å². The van der Waals surface area contributed by atoms with E-state index in [1.165, 1.54) is 0 Å². The smallest absolute Gasteiger partial charge is 0.293 e. The molecule has 3 N–H and O–H groups in total. The molecule has 0 amide bonds. The van der Waals surface area contributed by atoms with E-state index in [2.05, 4.69) is 0 Å². The fourth-order valence-electron chi connectivity index (χ4n) is 1.59. The monoisotopic (exact) mass is 217 g/mol. The maximum absolute atomic E-state index is 9.45. The lowest BCUT2D eigenvalue weighted by molar-refractivity contribution is -0.156. The summed E-state index contributed by atoms with van der Waals surface area (Å²) in [5, 5.41) is 27.7. The molecule has 2 aliphatic rings. The zero-order valence-electron chi connectivity index (χ0n) is 8.43. The molecule has 2 atom stereocenters. The molecule has 2 rings (SSSR count). The molecule has 2 aliphatic heterocycles. The Morgan fingerprint density at radius 3 is 2.33 bits per heavy atom. The van der Waals surface area contributed by atoms with Crippen LogP contribution in [0.25, 0.3) is 0 Å². The summed E-state index contributed by atoms with van der Waals surface area (Å²) < 4.78 is 15.6. The number of ether oxygens (including phenoxy) is 3. The molecule has 1 saturated heterocycles. The van der Waals surface area contributed by atoms with Crippen molar-refractivity contribution in [2.45, 2.75) is 31.8 Å². The summed E-state index contributed by atoms with van der Waals surface area (Å²) in [6.07, 6.45) is -2.15. The molecule has 1 radical (unpaired) electrons. The molecular weight excluding hydrogens is 204 g/mol. The van der Waals surface area contributed by atoms with Gasteiger partial charge in [-0.25, -0.2) is 0 Å². The van der Waals surface area contributed by atoms with E-state index in [0.29, 0.717) is 0 Å². The van der Waals surface area contributed by atoms with Gasteiger partial charge in [0.05, 0.1) is 6.61 Å². The normalized spacial score (nSPS) is 36.5. The van der Waals surface area contributed by atoms with Crippen LogP contribution in [0.4, 0.5) is 0 Å². The molecule has 6 nitrogen and oxygen atoms in total. The van der Waals surface area contributed by atoms with E-state index < -0.39 is 35.8 Å². The Morgan fingerprint density at radius 2 is 1.93 bits per heavy atom. The molecule has 0 aromatic carbocycles. The van der Waals surface area contributed by atoms with Crippen LogP contribution in [0.2, 0.25) is 0 Å². The Labute approximate surface area is 86.7 Å². The van der Waals surface area contributed by atoms with E-state index in [1.807, 2.05) is 0 Å². The summed E-state index contributed by atoms with van der Waals surface area (Å²) in [5.74, 6) is -1.82. The van der Waals surface area contributed by atoms with E-state index in [1.54, 1.807) is 13.8 Å². The van der Waals surface area contributed by atoms with E-state index in [0.717, 1.165) is 0 Å². The van der Waals surface area contributed by atoms with Gasteiger partial charge in [0.1, 0.15) is 6.10 Å². The Balaban J connectivity index is 2.09. The summed E-state index contributed by atoms with van der Waals surface area (Å²) in [6, 6.07) is 0. The second kappa shape index (κ2) is 3.34. The lowest BCUT2D eigenvalue weighted by Gasteiger charge is -2.20. The molecule has 0 aromatic rings. The quantitative estimate of drug-likeness (QED) is 0.600. The third kappa shape index (κ3) is 1.81. The maximum atomic E-state index is 9.45. The van der Waals surface area contributed by atoms with E-state index in [-0.39, 0.29) is 6.61 Å². The maximum Gasteiger partial charge on any atom is 0.293 e. The third-order valence-electron chi connectivity index (χ3n) is 2.32. The first-order valence-corrected chi connectivity index (χ1v) is 4.57. The van der Waals surface area contributed by atoms with Crippen molar-refractivity contribution in [3.63, 3.8) is 0 Å². The fourth-order valence-corrected chi connectivity index (χ4v) is 1.59. The Hall–Kier alpha value is -0.820. The highest BCUT2D eigenvalue weighted by Gasteiger charge is 2.46. The van der Waals surface area contributed by atoms with Crippen molar-refractivity contribution in [3.05, 3.63) is 17.8 Å². The van der Waals surface area contributed by atoms with Gasteiger partial charge in [-0.1, -0.05) is 0 Å². The highest BCUT2D eigenvalue weighted by molar-refractivity contribution is 5.21. The molecule has 85 valence electrons. The molecule has 0 unspecified atom stereocenters. The minimum absolute atomic E-state index is 0.224. The van der Waals surface area contributed by atoms with Crippen LogP contribution in [-0.4, -0.2) is 39.9 Å². The van der Waals surface area contributed by atoms with Crippen LogP contribution in [0.3, 0.4) is 0 Å². The molecule has 15 heavy (non-hydrogen) atoms. The molecule has 0 aliphatic carbocycles. The fraction of sp³-hybridized carbons (Fsp3) is 0.667. The van der Waals surface area contributed by atoms with Crippen molar-refractivity contribution in [1.29, 1.82) is 0 Å². The van der Waals surface area contributed by atoms with Crippen LogP contribution >= 0.6 is 0 Å². The molecule has 0 bridgehead atoms. The van der Waals surface area contributed by atoms with Gasteiger partial charge in [0.25, 0.3) is 6.29 Å². The van der Waals surface area contributed by atoms with Gasteiger partial charge in [-0.05, 0) is 13.8 Å². The molecule has 1 fully saturated rings. The minimum Gasteiger partial charge on any atom is -0.506 e. The average Bonchev–Trinajstić information content (AvgIpc) is 2.62. The number of aliphatic hydroxyl groups is 3. The zero-order valence-corrected chi connectivity index (χ0v) is 8.43. The second-order valence-corrected chi connectivity index (χ2v) is 3.94. The highest BCUT2D eigenvalue weighted by atomic mass is 16.8. The number of rotatable bonds is 1. The summed E-state index contributed by atoms with van der Waals surface area (Å²) in [7, 11) is 0. The number of hydrogen-bond donors (Lipinski definition) is 3. The van der Waals surface area contributed by atoms with Crippen LogP contribution in [0.15, 0.2) is 11.5 Å². The molecular formula is C9H13O6. The largest absolute Gasteiger partial charge is 0.506 e. The van der Waals surface area contributed by atoms with Crippen LogP contribution < -0.4 is 0 Å². The molecule has 0 spiro atoms. The zero-order chi connectivity index (χ0) is 11.2. The summed E-state index contributed by atoms with van der Waals surface area (Å²) in [6.45, 7) is 3.68. The van der Waals surface area contributed by atoms with Crippen molar-refractivity contribution >= 4 is 0 Å². The summed E-state index contributed by atoms with van der Waals surface area (Å²) >= 11 is 0. The minimum atomic E-state index is -0.910. The van der Waals surface area contributed by atoms with Gasteiger partial charge in [-0.2, -0.15) is 0 Å². The number of hydrogen-bond acceptors (Lipinski definition) is 6. The molecule has 0 aromatic heterocycles. The summed E-state index contributed by atoms with van der Waals surface area (Å²) in [5.41, 5.74) is 0. The van der Waals surface area contributed by atoms with Crippen molar-refractivity contribution in [1.82, 2.24) is 0 Å². The Bertz CT molecular complexity index is 297. The lowest BCUT2D eigenvalue weighted by Crippen LogP contribution is -2.32. The SMILES string of the molecule is CC1(C)OC[C@@H]([C@H]2O[C](O)C(O)=C2O)O1. The van der Waals surface area contributed by atoms with Crippen LogP contribution in [0.1, 0.15) is 13.8 Å². The standard InChI is InChI=1S/C9H13O6/c1-9(2)13-3-4(15-9)7-5(10)6(11)8(12)14-7/h4,7,10-12H,3H2,1-2H3/t4-,7+/m0/s1. The van der Waals surface area contributed by atoms with Gasteiger partial charge in [0.15, 0.2) is 23.4 Å². The Kier molecular flexibility index (Phi) is 2.38. The second-order valence-electron chi connectivity index (χ2n) is 3.94. The van der Waals surface area contributed by atoms with Gasteiger partial charge < -0.3 is 29.5 Å².